The van der Waals surface area contributed by atoms with Gasteiger partial charge in [-0.1, -0.05) is 41.5 Å². The number of hydrogen-bond acceptors (Lipinski definition) is 0. The van der Waals surface area contributed by atoms with Crippen LogP contribution in [-0.4, -0.2) is 0 Å². The molecule has 1 fully saturated rings. The molecule has 0 N–H and O–H groups in total. The first kappa shape index (κ1) is 14.1. The molecule has 0 spiro atoms. The van der Waals surface area contributed by atoms with Gasteiger partial charge in [-0.2, -0.15) is 0 Å². The van der Waals surface area contributed by atoms with E-state index < -0.39 is 0 Å². The summed E-state index contributed by atoms with van der Waals surface area (Å²) in [6.45, 7) is 14.4. The normalized spacial score (nSPS) is 25.9. The van der Waals surface area contributed by atoms with Gasteiger partial charge in [0.1, 0.15) is 0 Å². The van der Waals surface area contributed by atoms with Crippen molar-refractivity contribution in [3.63, 3.8) is 0 Å². The third-order valence-electron chi connectivity index (χ3n) is 4.92. The van der Waals surface area contributed by atoms with Crippen LogP contribution in [0.15, 0.2) is 0 Å². The van der Waals surface area contributed by atoms with Gasteiger partial charge in [-0.3, -0.25) is 0 Å². The smallest absolute Gasteiger partial charge is 0.0363 e. The summed E-state index contributed by atoms with van der Waals surface area (Å²) >= 11 is 0. The van der Waals surface area contributed by atoms with E-state index in [0.29, 0.717) is 0 Å². The first-order chi connectivity index (χ1) is 7.43. The van der Waals surface area contributed by atoms with E-state index in [1.165, 1.54) is 25.7 Å². The van der Waals surface area contributed by atoms with Crippen LogP contribution < -0.4 is 0 Å². The van der Waals surface area contributed by atoms with Gasteiger partial charge in [0.25, 0.3) is 0 Å². The maximum absolute atomic E-state index is 2.40. The average molecular weight is 224 g/mol. The van der Waals surface area contributed by atoms with E-state index in [4.69, 9.17) is 0 Å². The summed E-state index contributed by atoms with van der Waals surface area (Å²) in [6, 6.07) is 0. The van der Waals surface area contributed by atoms with Crippen LogP contribution in [0.25, 0.3) is 0 Å². The van der Waals surface area contributed by atoms with E-state index in [9.17, 15) is 0 Å². The first-order valence-electron chi connectivity index (χ1n) is 7.43. The third-order valence-corrected chi connectivity index (χ3v) is 4.92. The van der Waals surface area contributed by atoms with Gasteiger partial charge in [0, 0.05) is 0 Å². The van der Waals surface area contributed by atoms with Crippen molar-refractivity contribution in [1.82, 2.24) is 0 Å². The molecule has 1 aliphatic rings. The summed E-state index contributed by atoms with van der Waals surface area (Å²) < 4.78 is 0. The lowest BCUT2D eigenvalue weighted by Crippen LogP contribution is -2.31. The van der Waals surface area contributed by atoms with Crippen molar-refractivity contribution < 1.29 is 0 Å². The molecule has 1 aliphatic carbocycles. The molecule has 2 atom stereocenters. The maximum Gasteiger partial charge on any atom is -0.0363 e. The minimum atomic E-state index is 0.859. The highest BCUT2D eigenvalue weighted by molar-refractivity contribution is 4.83. The van der Waals surface area contributed by atoms with Crippen molar-refractivity contribution in [2.75, 3.05) is 0 Å². The Morgan fingerprint density at radius 2 is 1.44 bits per heavy atom. The molecule has 0 aromatic rings. The van der Waals surface area contributed by atoms with E-state index in [-0.39, 0.29) is 0 Å². The first-order valence-corrected chi connectivity index (χ1v) is 7.43. The van der Waals surface area contributed by atoms with Gasteiger partial charge >= 0.3 is 0 Å². The van der Waals surface area contributed by atoms with Gasteiger partial charge in [-0.05, 0) is 61.2 Å². The highest BCUT2D eigenvalue weighted by Gasteiger charge is 2.33. The molecule has 0 amide bonds. The summed E-state index contributed by atoms with van der Waals surface area (Å²) in [7, 11) is 0. The molecule has 0 saturated heterocycles. The second-order valence-corrected chi connectivity index (χ2v) is 6.97. The zero-order valence-electron chi connectivity index (χ0n) is 12.3. The highest BCUT2D eigenvalue weighted by Crippen LogP contribution is 2.43. The minimum absolute atomic E-state index is 0.859. The van der Waals surface area contributed by atoms with Crippen LogP contribution in [-0.2, 0) is 0 Å². The predicted octanol–water partition coefficient (Wildman–Crippen LogP) is 5.38. The van der Waals surface area contributed by atoms with Crippen LogP contribution in [0, 0.1) is 35.5 Å². The Labute approximate surface area is 103 Å². The topological polar surface area (TPSA) is 0 Å². The molecule has 0 radical (unpaired) electrons. The maximum atomic E-state index is 2.40. The highest BCUT2D eigenvalue weighted by atomic mass is 14.4. The van der Waals surface area contributed by atoms with E-state index in [1.807, 2.05) is 0 Å². The Hall–Kier alpha value is 0. The number of hydrogen-bond donors (Lipinski definition) is 0. The lowest BCUT2D eigenvalue weighted by molar-refractivity contribution is 0.0973. The lowest BCUT2D eigenvalue weighted by Gasteiger charge is -2.41. The summed E-state index contributed by atoms with van der Waals surface area (Å²) in [5.41, 5.74) is 0. The zero-order chi connectivity index (χ0) is 12.3. The van der Waals surface area contributed by atoms with Crippen LogP contribution in [0.5, 0.6) is 0 Å². The monoisotopic (exact) mass is 224 g/mol. The summed E-state index contributed by atoms with van der Waals surface area (Å²) in [4.78, 5) is 0. The average Bonchev–Trinajstić information content (AvgIpc) is 2.07. The van der Waals surface area contributed by atoms with Crippen molar-refractivity contribution in [2.24, 2.45) is 35.5 Å². The second-order valence-electron chi connectivity index (χ2n) is 6.97. The lowest BCUT2D eigenvalue weighted by atomic mass is 9.65. The fourth-order valence-electron chi connectivity index (χ4n) is 3.67. The van der Waals surface area contributed by atoms with E-state index in [1.54, 1.807) is 0 Å². The van der Waals surface area contributed by atoms with Gasteiger partial charge in [0.15, 0.2) is 0 Å². The molecule has 1 rings (SSSR count). The molecule has 0 bridgehead atoms. The molecular formula is C16H32. The summed E-state index contributed by atoms with van der Waals surface area (Å²) in [5.74, 6) is 5.67. The van der Waals surface area contributed by atoms with Crippen molar-refractivity contribution in [2.45, 2.75) is 67.2 Å². The standard InChI is InChI=1S/C16H32/c1-11(2)15(12(3)4)9-7-14-8-10-16(14)13(5)6/h11-16H,7-10H2,1-6H3. The Morgan fingerprint density at radius 3 is 1.75 bits per heavy atom. The van der Waals surface area contributed by atoms with Gasteiger partial charge in [-0.15, -0.1) is 0 Å². The van der Waals surface area contributed by atoms with E-state index >= 15 is 0 Å². The molecule has 1 saturated carbocycles. The largest absolute Gasteiger partial charge is 0.0625 e. The van der Waals surface area contributed by atoms with Gasteiger partial charge in [0.2, 0.25) is 0 Å². The van der Waals surface area contributed by atoms with Crippen LogP contribution in [0.4, 0.5) is 0 Å². The molecule has 0 aromatic heterocycles. The van der Waals surface area contributed by atoms with Crippen molar-refractivity contribution in [1.29, 1.82) is 0 Å². The Kier molecular flexibility index (Phi) is 5.34. The number of rotatable bonds is 6. The quantitative estimate of drug-likeness (QED) is 0.568. The molecule has 16 heavy (non-hydrogen) atoms. The van der Waals surface area contributed by atoms with Crippen molar-refractivity contribution in [3.05, 3.63) is 0 Å². The van der Waals surface area contributed by atoms with Crippen LogP contribution in [0.2, 0.25) is 0 Å². The molecule has 0 heteroatoms. The van der Waals surface area contributed by atoms with Crippen LogP contribution in [0.1, 0.15) is 67.2 Å². The second kappa shape index (κ2) is 6.07. The van der Waals surface area contributed by atoms with E-state index in [0.717, 1.165) is 35.5 Å². The van der Waals surface area contributed by atoms with Crippen molar-refractivity contribution >= 4 is 0 Å². The summed E-state index contributed by atoms with van der Waals surface area (Å²) in [5, 5.41) is 0. The Morgan fingerprint density at radius 1 is 0.875 bits per heavy atom. The fraction of sp³-hybridized carbons (Fsp3) is 1.00. The predicted molar refractivity (Wildman–Crippen MR) is 73.5 cm³/mol. The van der Waals surface area contributed by atoms with Gasteiger partial charge in [-0.25, -0.2) is 0 Å². The van der Waals surface area contributed by atoms with E-state index in [2.05, 4.69) is 41.5 Å². The van der Waals surface area contributed by atoms with Crippen LogP contribution in [0.3, 0.4) is 0 Å². The molecule has 2 unspecified atom stereocenters. The Bertz CT molecular complexity index is 182. The minimum Gasteiger partial charge on any atom is -0.0625 e. The third kappa shape index (κ3) is 3.50. The van der Waals surface area contributed by atoms with Gasteiger partial charge < -0.3 is 0 Å². The molecule has 0 heterocycles. The molecule has 96 valence electrons. The Balaban J connectivity index is 2.33. The fourth-order valence-corrected chi connectivity index (χ4v) is 3.67. The molecule has 0 aromatic carbocycles. The molecule has 0 aliphatic heterocycles. The van der Waals surface area contributed by atoms with Crippen LogP contribution >= 0.6 is 0 Å². The molecule has 0 nitrogen and oxygen atoms in total. The SMILES string of the molecule is CC(C)C(CCC1CCC1C(C)C)C(C)C. The molecular weight excluding hydrogens is 192 g/mol. The van der Waals surface area contributed by atoms with Crippen molar-refractivity contribution in [3.8, 4) is 0 Å². The summed E-state index contributed by atoms with van der Waals surface area (Å²) in [6.07, 6.45) is 5.95. The van der Waals surface area contributed by atoms with Gasteiger partial charge in [0.05, 0.1) is 0 Å². The zero-order valence-corrected chi connectivity index (χ0v) is 12.3.